The molecule has 0 saturated carbocycles. The molecule has 0 saturated heterocycles. The molecule has 2 heteroatoms. The predicted octanol–water partition coefficient (Wildman–Crippen LogP) is 3.94. The Hall–Kier alpha value is -0.860. The van der Waals surface area contributed by atoms with Crippen LogP contribution in [0.2, 0.25) is 0 Å². The van der Waals surface area contributed by atoms with Gasteiger partial charge in [-0.2, -0.15) is 0 Å². The molecule has 0 radical (unpaired) electrons. The second-order valence-corrected chi connectivity index (χ2v) is 8.04. The van der Waals surface area contributed by atoms with E-state index in [9.17, 15) is 0 Å². The monoisotopic (exact) mass is 274 g/mol. The van der Waals surface area contributed by atoms with Crippen molar-refractivity contribution in [2.75, 3.05) is 7.05 Å². The topological polar surface area (TPSA) is 15.3 Å². The van der Waals surface area contributed by atoms with Gasteiger partial charge < -0.3 is 5.32 Å². The molecular weight excluding hydrogens is 244 g/mol. The van der Waals surface area contributed by atoms with Crippen LogP contribution in [-0.2, 0) is 19.6 Å². The summed E-state index contributed by atoms with van der Waals surface area (Å²) < 4.78 is 0. The molecule has 0 aliphatic carbocycles. The number of benzene rings is 1. The van der Waals surface area contributed by atoms with E-state index in [4.69, 9.17) is 0 Å². The van der Waals surface area contributed by atoms with Crippen LogP contribution in [-0.4, -0.2) is 17.5 Å². The minimum Gasteiger partial charge on any atom is -0.316 e. The van der Waals surface area contributed by atoms with Crippen molar-refractivity contribution in [3.05, 3.63) is 34.9 Å². The molecule has 0 fully saturated rings. The van der Waals surface area contributed by atoms with Gasteiger partial charge in [-0.15, -0.1) is 0 Å². The lowest BCUT2D eigenvalue weighted by Crippen LogP contribution is -2.43. The van der Waals surface area contributed by atoms with Gasteiger partial charge in [-0.1, -0.05) is 39.0 Å². The first kappa shape index (κ1) is 15.5. The van der Waals surface area contributed by atoms with E-state index in [1.807, 2.05) is 7.05 Å². The fourth-order valence-electron chi connectivity index (χ4n) is 3.60. The van der Waals surface area contributed by atoms with E-state index in [1.54, 1.807) is 0 Å². The van der Waals surface area contributed by atoms with E-state index in [1.165, 1.54) is 23.1 Å². The first-order valence-corrected chi connectivity index (χ1v) is 7.72. The van der Waals surface area contributed by atoms with E-state index in [0.717, 1.165) is 19.6 Å². The van der Waals surface area contributed by atoms with Crippen molar-refractivity contribution in [3.63, 3.8) is 0 Å². The van der Waals surface area contributed by atoms with Crippen molar-refractivity contribution < 1.29 is 0 Å². The molecule has 1 N–H and O–H groups in total. The number of hydrogen-bond acceptors (Lipinski definition) is 2. The van der Waals surface area contributed by atoms with Crippen molar-refractivity contribution in [2.45, 2.75) is 66.2 Å². The number of fused-ring (bicyclic) bond motifs is 1. The average Bonchev–Trinajstić information content (AvgIpc) is 2.70. The third-order valence-electron chi connectivity index (χ3n) is 4.19. The van der Waals surface area contributed by atoms with Crippen LogP contribution in [0.15, 0.2) is 18.2 Å². The predicted molar refractivity (Wildman–Crippen MR) is 86.6 cm³/mol. The van der Waals surface area contributed by atoms with Crippen LogP contribution in [0.25, 0.3) is 0 Å². The zero-order valence-corrected chi connectivity index (χ0v) is 14.0. The summed E-state index contributed by atoms with van der Waals surface area (Å²) >= 11 is 0. The van der Waals surface area contributed by atoms with Gasteiger partial charge in [-0.3, -0.25) is 4.90 Å². The van der Waals surface area contributed by atoms with Crippen molar-refractivity contribution in [3.8, 4) is 0 Å². The lowest BCUT2D eigenvalue weighted by Gasteiger charge is -2.40. The Morgan fingerprint density at radius 2 is 1.70 bits per heavy atom. The Labute approximate surface area is 124 Å². The zero-order valence-electron chi connectivity index (χ0n) is 14.0. The lowest BCUT2D eigenvalue weighted by molar-refractivity contribution is 0.0745. The molecule has 0 unspecified atom stereocenters. The second kappa shape index (κ2) is 5.50. The summed E-state index contributed by atoms with van der Waals surface area (Å²) in [6.45, 7) is 14.9. The van der Waals surface area contributed by atoms with Crippen molar-refractivity contribution in [1.29, 1.82) is 0 Å². The Bertz CT molecular complexity index is 469. The van der Waals surface area contributed by atoms with Crippen LogP contribution < -0.4 is 5.32 Å². The van der Waals surface area contributed by atoms with Crippen LogP contribution in [0.3, 0.4) is 0 Å². The first-order valence-electron chi connectivity index (χ1n) is 7.72. The third-order valence-corrected chi connectivity index (χ3v) is 4.19. The molecule has 1 aromatic carbocycles. The molecule has 1 aliphatic heterocycles. The highest BCUT2D eigenvalue weighted by Gasteiger charge is 2.34. The molecule has 1 aromatic rings. The highest BCUT2D eigenvalue weighted by Crippen LogP contribution is 2.36. The summed E-state index contributed by atoms with van der Waals surface area (Å²) in [7, 11) is 2.01. The molecule has 0 atom stereocenters. The molecule has 20 heavy (non-hydrogen) atoms. The summed E-state index contributed by atoms with van der Waals surface area (Å²) in [5, 5.41) is 3.23. The van der Waals surface area contributed by atoms with E-state index in [2.05, 4.69) is 63.0 Å². The fraction of sp³-hybridized carbons (Fsp3) is 0.667. The molecule has 2 nitrogen and oxygen atoms in total. The summed E-state index contributed by atoms with van der Waals surface area (Å²) in [4.78, 5) is 2.63. The zero-order chi connectivity index (χ0) is 15.0. The van der Waals surface area contributed by atoms with Crippen LogP contribution in [0.4, 0.5) is 0 Å². The van der Waals surface area contributed by atoms with E-state index >= 15 is 0 Å². The number of nitrogens with zero attached hydrogens (tertiary/aromatic N) is 1. The molecule has 0 aromatic heterocycles. The van der Waals surface area contributed by atoms with Gasteiger partial charge >= 0.3 is 0 Å². The Kier molecular flexibility index (Phi) is 4.27. The van der Waals surface area contributed by atoms with Crippen LogP contribution in [0.5, 0.6) is 0 Å². The van der Waals surface area contributed by atoms with Crippen LogP contribution >= 0.6 is 0 Å². The van der Waals surface area contributed by atoms with Gasteiger partial charge in [0.15, 0.2) is 0 Å². The molecule has 1 heterocycles. The highest BCUT2D eigenvalue weighted by atomic mass is 15.2. The Balaban J connectivity index is 2.12. The summed E-state index contributed by atoms with van der Waals surface area (Å²) in [5.41, 5.74) is 5.03. The van der Waals surface area contributed by atoms with Gasteiger partial charge in [0.2, 0.25) is 0 Å². The maximum absolute atomic E-state index is 3.23. The van der Waals surface area contributed by atoms with Gasteiger partial charge in [0.1, 0.15) is 0 Å². The average molecular weight is 274 g/mol. The lowest BCUT2D eigenvalue weighted by atomic mass is 9.81. The molecule has 0 spiro atoms. The molecule has 1 aliphatic rings. The standard InChI is InChI=1S/C18H30N2/c1-17(2,3)13-18(4,5)20-11-15-8-7-14(10-19-6)9-16(15)12-20/h7-9,19H,10-13H2,1-6H3. The molecular formula is C18H30N2. The molecule has 2 rings (SSSR count). The van der Waals surface area contributed by atoms with E-state index in [0.29, 0.717) is 5.41 Å². The number of hydrogen-bond donors (Lipinski definition) is 1. The minimum absolute atomic E-state index is 0.250. The summed E-state index contributed by atoms with van der Waals surface area (Å²) in [6, 6.07) is 6.95. The fourth-order valence-corrected chi connectivity index (χ4v) is 3.60. The maximum Gasteiger partial charge on any atom is 0.0245 e. The normalized spacial score (nSPS) is 16.5. The summed E-state index contributed by atoms with van der Waals surface area (Å²) in [5.74, 6) is 0. The van der Waals surface area contributed by atoms with E-state index < -0.39 is 0 Å². The van der Waals surface area contributed by atoms with Gasteiger partial charge in [0.25, 0.3) is 0 Å². The third kappa shape index (κ3) is 3.62. The smallest absolute Gasteiger partial charge is 0.0245 e. The highest BCUT2D eigenvalue weighted by molar-refractivity contribution is 5.35. The minimum atomic E-state index is 0.250. The second-order valence-electron chi connectivity index (χ2n) is 8.04. The van der Waals surface area contributed by atoms with Crippen molar-refractivity contribution >= 4 is 0 Å². The molecule has 0 bridgehead atoms. The van der Waals surface area contributed by atoms with Crippen molar-refractivity contribution in [2.24, 2.45) is 5.41 Å². The Morgan fingerprint density at radius 1 is 1.05 bits per heavy atom. The van der Waals surface area contributed by atoms with Gasteiger partial charge in [-0.05, 0) is 49.4 Å². The van der Waals surface area contributed by atoms with Crippen LogP contribution in [0, 0.1) is 5.41 Å². The van der Waals surface area contributed by atoms with Crippen molar-refractivity contribution in [1.82, 2.24) is 10.2 Å². The SMILES string of the molecule is CNCc1ccc2c(c1)CN(C(C)(C)CC(C)(C)C)C2. The number of nitrogens with one attached hydrogen (secondary N) is 1. The molecule has 0 amide bonds. The van der Waals surface area contributed by atoms with E-state index in [-0.39, 0.29) is 5.54 Å². The largest absolute Gasteiger partial charge is 0.316 e. The maximum atomic E-state index is 3.23. The van der Waals surface area contributed by atoms with Gasteiger partial charge in [0, 0.05) is 25.2 Å². The van der Waals surface area contributed by atoms with Gasteiger partial charge in [-0.25, -0.2) is 0 Å². The number of rotatable bonds is 4. The first-order chi connectivity index (χ1) is 9.21. The van der Waals surface area contributed by atoms with Crippen LogP contribution in [0.1, 0.15) is 57.7 Å². The molecule has 112 valence electrons. The van der Waals surface area contributed by atoms with Gasteiger partial charge in [0.05, 0.1) is 0 Å². The quantitative estimate of drug-likeness (QED) is 0.894. The Morgan fingerprint density at radius 3 is 2.30 bits per heavy atom. The summed E-state index contributed by atoms with van der Waals surface area (Å²) in [6.07, 6.45) is 1.22.